The van der Waals surface area contributed by atoms with Crippen molar-refractivity contribution in [3.05, 3.63) is 65.0 Å². The summed E-state index contributed by atoms with van der Waals surface area (Å²) < 4.78 is 18.7. The Hall–Kier alpha value is -2.34. The Labute approximate surface area is 149 Å². The molecule has 0 saturated heterocycles. The maximum atomic E-state index is 13.6. The maximum absolute atomic E-state index is 13.6. The first kappa shape index (κ1) is 17.5. The SMILES string of the molecule is COc1cc([C@@H](C)C[C@H]2CC[C@@H](c3ccc(C#N)cc3)C2)ccc1F. The normalized spacial score (nSPS) is 20.9. The van der Waals surface area contributed by atoms with Crippen molar-refractivity contribution < 1.29 is 9.13 Å². The topological polar surface area (TPSA) is 33.0 Å². The Bertz CT molecular complexity index is 763. The average Bonchev–Trinajstić information content (AvgIpc) is 3.10. The number of ether oxygens (including phenoxy) is 1. The highest BCUT2D eigenvalue weighted by atomic mass is 19.1. The molecular weight excluding hydrogens is 313 g/mol. The summed E-state index contributed by atoms with van der Waals surface area (Å²) in [5.41, 5.74) is 3.20. The lowest BCUT2D eigenvalue weighted by Crippen LogP contribution is -2.03. The van der Waals surface area contributed by atoms with Gasteiger partial charge in [-0.2, -0.15) is 5.26 Å². The van der Waals surface area contributed by atoms with E-state index in [1.807, 2.05) is 24.3 Å². The third-order valence-electron chi connectivity index (χ3n) is 5.48. The van der Waals surface area contributed by atoms with Crippen molar-refractivity contribution in [2.24, 2.45) is 5.92 Å². The van der Waals surface area contributed by atoms with Gasteiger partial charge in [0.25, 0.3) is 0 Å². The van der Waals surface area contributed by atoms with E-state index >= 15 is 0 Å². The monoisotopic (exact) mass is 337 g/mol. The van der Waals surface area contributed by atoms with E-state index in [1.54, 1.807) is 0 Å². The molecule has 3 rings (SSSR count). The fourth-order valence-electron chi connectivity index (χ4n) is 4.04. The number of halogens is 1. The van der Waals surface area contributed by atoms with Crippen molar-refractivity contribution in [3.63, 3.8) is 0 Å². The minimum atomic E-state index is -0.305. The quantitative estimate of drug-likeness (QED) is 0.692. The van der Waals surface area contributed by atoms with Crippen LogP contribution in [0.1, 0.15) is 61.1 Å². The van der Waals surface area contributed by atoms with Crippen molar-refractivity contribution in [1.29, 1.82) is 5.26 Å². The summed E-state index contributed by atoms with van der Waals surface area (Å²) in [5.74, 6) is 1.69. The van der Waals surface area contributed by atoms with Crippen LogP contribution in [0.4, 0.5) is 4.39 Å². The number of rotatable bonds is 5. The largest absolute Gasteiger partial charge is 0.494 e. The highest BCUT2D eigenvalue weighted by Gasteiger charge is 2.27. The smallest absolute Gasteiger partial charge is 0.165 e. The molecule has 0 heterocycles. The van der Waals surface area contributed by atoms with Gasteiger partial charge in [0.2, 0.25) is 0 Å². The second kappa shape index (κ2) is 7.70. The van der Waals surface area contributed by atoms with E-state index in [1.165, 1.54) is 38.0 Å². The predicted molar refractivity (Wildman–Crippen MR) is 97.2 cm³/mol. The zero-order valence-corrected chi connectivity index (χ0v) is 14.8. The molecule has 1 fully saturated rings. The van der Waals surface area contributed by atoms with E-state index in [-0.39, 0.29) is 5.82 Å². The number of hydrogen-bond donors (Lipinski definition) is 0. The molecule has 2 aromatic rings. The Morgan fingerprint density at radius 1 is 1.20 bits per heavy atom. The molecule has 0 amide bonds. The lowest BCUT2D eigenvalue weighted by atomic mass is 9.88. The third kappa shape index (κ3) is 4.02. The van der Waals surface area contributed by atoms with Gasteiger partial charge in [-0.25, -0.2) is 4.39 Å². The molecular formula is C22H24FNO. The molecule has 0 radical (unpaired) electrons. The average molecular weight is 337 g/mol. The van der Waals surface area contributed by atoms with E-state index in [0.717, 1.165) is 17.5 Å². The van der Waals surface area contributed by atoms with E-state index in [9.17, 15) is 4.39 Å². The number of benzene rings is 2. The first-order chi connectivity index (χ1) is 12.1. The highest BCUT2D eigenvalue weighted by Crippen LogP contribution is 2.42. The molecule has 1 saturated carbocycles. The second-order valence-electron chi connectivity index (χ2n) is 7.14. The summed E-state index contributed by atoms with van der Waals surface area (Å²) in [7, 11) is 1.51. The minimum absolute atomic E-state index is 0.305. The van der Waals surface area contributed by atoms with Gasteiger partial charge in [0.1, 0.15) is 0 Å². The molecule has 25 heavy (non-hydrogen) atoms. The molecule has 0 aliphatic heterocycles. The van der Waals surface area contributed by atoms with E-state index in [4.69, 9.17) is 10.00 Å². The lowest BCUT2D eigenvalue weighted by molar-refractivity contribution is 0.384. The van der Waals surface area contributed by atoms with E-state index < -0.39 is 0 Å². The summed E-state index contributed by atoms with van der Waals surface area (Å²) in [6.07, 6.45) is 4.74. The molecule has 3 heteroatoms. The third-order valence-corrected chi connectivity index (χ3v) is 5.48. The summed E-state index contributed by atoms with van der Waals surface area (Å²) in [6, 6.07) is 15.4. The predicted octanol–water partition coefficient (Wildman–Crippen LogP) is 5.78. The molecule has 2 aromatic carbocycles. The van der Waals surface area contributed by atoms with Gasteiger partial charge in [-0.1, -0.05) is 25.1 Å². The van der Waals surface area contributed by atoms with Crippen LogP contribution in [-0.2, 0) is 0 Å². The van der Waals surface area contributed by atoms with Crippen molar-refractivity contribution in [3.8, 4) is 11.8 Å². The van der Waals surface area contributed by atoms with Crippen LogP contribution in [0.2, 0.25) is 0 Å². The fourth-order valence-corrected chi connectivity index (χ4v) is 4.04. The number of hydrogen-bond acceptors (Lipinski definition) is 2. The van der Waals surface area contributed by atoms with Gasteiger partial charge in [-0.05, 0) is 78.8 Å². The Kier molecular flexibility index (Phi) is 5.38. The Morgan fingerprint density at radius 2 is 1.96 bits per heavy atom. The molecule has 0 unspecified atom stereocenters. The number of nitriles is 1. The van der Waals surface area contributed by atoms with Crippen LogP contribution in [-0.4, -0.2) is 7.11 Å². The van der Waals surface area contributed by atoms with Gasteiger partial charge < -0.3 is 4.74 Å². The van der Waals surface area contributed by atoms with E-state index in [0.29, 0.717) is 23.5 Å². The summed E-state index contributed by atoms with van der Waals surface area (Å²) in [4.78, 5) is 0. The molecule has 130 valence electrons. The van der Waals surface area contributed by atoms with Crippen LogP contribution >= 0.6 is 0 Å². The molecule has 0 spiro atoms. The van der Waals surface area contributed by atoms with Crippen molar-refractivity contribution >= 4 is 0 Å². The molecule has 0 aromatic heterocycles. The van der Waals surface area contributed by atoms with E-state index in [2.05, 4.69) is 25.1 Å². The molecule has 1 aliphatic rings. The number of nitrogens with zero attached hydrogens (tertiary/aromatic N) is 1. The first-order valence-electron chi connectivity index (χ1n) is 8.94. The second-order valence-corrected chi connectivity index (χ2v) is 7.14. The zero-order valence-electron chi connectivity index (χ0n) is 14.8. The summed E-state index contributed by atoms with van der Waals surface area (Å²) >= 11 is 0. The zero-order chi connectivity index (χ0) is 17.8. The Balaban J connectivity index is 1.61. The van der Waals surface area contributed by atoms with Gasteiger partial charge in [0.05, 0.1) is 18.7 Å². The fraction of sp³-hybridized carbons (Fsp3) is 0.409. The lowest BCUT2D eigenvalue weighted by Gasteiger charge is -2.18. The van der Waals surface area contributed by atoms with Gasteiger partial charge in [0.15, 0.2) is 11.6 Å². The van der Waals surface area contributed by atoms with Crippen LogP contribution in [0, 0.1) is 23.1 Å². The minimum Gasteiger partial charge on any atom is -0.494 e. The molecule has 2 nitrogen and oxygen atoms in total. The highest BCUT2D eigenvalue weighted by molar-refractivity contribution is 5.34. The van der Waals surface area contributed by atoms with Crippen LogP contribution in [0.3, 0.4) is 0 Å². The van der Waals surface area contributed by atoms with Crippen LogP contribution in [0.15, 0.2) is 42.5 Å². The van der Waals surface area contributed by atoms with Gasteiger partial charge in [0, 0.05) is 0 Å². The van der Waals surface area contributed by atoms with Crippen LogP contribution in [0.25, 0.3) is 0 Å². The summed E-state index contributed by atoms with van der Waals surface area (Å²) in [6.45, 7) is 2.21. The van der Waals surface area contributed by atoms with Crippen molar-refractivity contribution in [2.75, 3.05) is 7.11 Å². The molecule has 0 bridgehead atoms. The van der Waals surface area contributed by atoms with Crippen LogP contribution < -0.4 is 4.74 Å². The van der Waals surface area contributed by atoms with Gasteiger partial charge >= 0.3 is 0 Å². The van der Waals surface area contributed by atoms with Gasteiger partial charge in [-0.15, -0.1) is 0 Å². The van der Waals surface area contributed by atoms with Crippen LogP contribution in [0.5, 0.6) is 5.75 Å². The first-order valence-corrected chi connectivity index (χ1v) is 8.94. The van der Waals surface area contributed by atoms with Gasteiger partial charge in [-0.3, -0.25) is 0 Å². The summed E-state index contributed by atoms with van der Waals surface area (Å²) in [5, 5.41) is 8.92. The number of methoxy groups -OCH3 is 1. The Morgan fingerprint density at radius 3 is 2.64 bits per heavy atom. The standard InChI is InChI=1S/C22H24FNO/c1-15(19-9-10-21(23)22(13-19)25-2)11-17-5-8-20(12-17)18-6-3-16(14-24)4-7-18/h3-4,6-7,9-10,13,15,17,20H,5,8,11-12H2,1-2H3/t15-,17+,20+/m0/s1. The van der Waals surface area contributed by atoms with Crippen molar-refractivity contribution in [2.45, 2.75) is 44.4 Å². The molecule has 1 aliphatic carbocycles. The molecule has 3 atom stereocenters. The molecule has 0 N–H and O–H groups in total. The maximum Gasteiger partial charge on any atom is 0.165 e. The van der Waals surface area contributed by atoms with Crippen molar-refractivity contribution in [1.82, 2.24) is 0 Å².